The van der Waals surface area contributed by atoms with Gasteiger partial charge < -0.3 is 15.6 Å². The first-order chi connectivity index (χ1) is 8.49. The highest BCUT2D eigenvalue weighted by Gasteiger charge is 2.53. The molecule has 0 saturated heterocycles. The number of ether oxygens (including phenoxy) is 1. The Hall–Kier alpha value is -0.900. The normalized spacial score (nSPS) is 27.6. The van der Waals surface area contributed by atoms with Crippen LogP contribution in [0.25, 0.3) is 0 Å². The van der Waals surface area contributed by atoms with Gasteiger partial charge in [0, 0.05) is 19.1 Å². The Bertz CT molecular complexity index is 430. The smallest absolute Gasteiger partial charge is 0.0985 e. The largest absolute Gasteiger partial charge is 0.386 e. The molecular formula is C15H23NO2. The van der Waals surface area contributed by atoms with Gasteiger partial charge in [0.25, 0.3) is 0 Å². The van der Waals surface area contributed by atoms with E-state index >= 15 is 0 Å². The molecule has 100 valence electrons. The minimum Gasteiger partial charge on any atom is -0.386 e. The molecule has 0 spiro atoms. The molecule has 0 radical (unpaired) electrons. The molecule has 0 aromatic heterocycles. The van der Waals surface area contributed by atoms with Gasteiger partial charge in [-0.2, -0.15) is 0 Å². The minimum absolute atomic E-state index is 0.257. The highest BCUT2D eigenvalue weighted by Crippen LogP contribution is 2.47. The van der Waals surface area contributed by atoms with Gasteiger partial charge >= 0.3 is 0 Å². The predicted octanol–water partition coefficient (Wildman–Crippen LogP) is 1.62. The van der Waals surface area contributed by atoms with Gasteiger partial charge in [-0.15, -0.1) is 0 Å². The third kappa shape index (κ3) is 1.69. The lowest BCUT2D eigenvalue weighted by Crippen LogP contribution is -2.59. The number of nitrogens with two attached hydrogens (primary N) is 1. The molecule has 3 N–H and O–H groups in total. The zero-order valence-electron chi connectivity index (χ0n) is 11.4. The number of aryl methyl sites for hydroxylation is 1. The summed E-state index contributed by atoms with van der Waals surface area (Å²) in [7, 11) is 1.63. The van der Waals surface area contributed by atoms with E-state index in [1.165, 1.54) is 11.1 Å². The van der Waals surface area contributed by atoms with Crippen molar-refractivity contribution >= 4 is 0 Å². The molecule has 0 aliphatic heterocycles. The van der Waals surface area contributed by atoms with Crippen LogP contribution in [0.1, 0.15) is 31.4 Å². The molecule has 0 fully saturated rings. The Morgan fingerprint density at radius 1 is 1.50 bits per heavy atom. The van der Waals surface area contributed by atoms with Crippen LogP contribution in [-0.4, -0.2) is 30.5 Å². The molecule has 3 nitrogen and oxygen atoms in total. The van der Waals surface area contributed by atoms with Crippen molar-refractivity contribution in [2.45, 2.75) is 43.8 Å². The Labute approximate surface area is 109 Å². The fourth-order valence-corrected chi connectivity index (χ4v) is 3.25. The molecule has 1 aliphatic carbocycles. The Morgan fingerprint density at radius 3 is 2.78 bits per heavy atom. The summed E-state index contributed by atoms with van der Waals surface area (Å²) in [4.78, 5) is 0. The number of hydrogen-bond acceptors (Lipinski definition) is 3. The van der Waals surface area contributed by atoms with E-state index < -0.39 is 11.0 Å². The number of hydrogen-bond donors (Lipinski definition) is 2. The molecule has 2 rings (SSSR count). The lowest BCUT2D eigenvalue weighted by molar-refractivity contribution is -0.120. The number of benzene rings is 1. The molecule has 3 unspecified atom stereocenters. The summed E-state index contributed by atoms with van der Waals surface area (Å²) in [6, 6.07) is 8.27. The topological polar surface area (TPSA) is 55.5 Å². The second kappa shape index (κ2) is 4.65. The summed E-state index contributed by atoms with van der Waals surface area (Å²) in [6.07, 6.45) is 1.59. The van der Waals surface area contributed by atoms with Crippen molar-refractivity contribution in [3.63, 3.8) is 0 Å². The van der Waals surface area contributed by atoms with E-state index in [0.29, 0.717) is 6.54 Å². The van der Waals surface area contributed by atoms with E-state index in [1.54, 1.807) is 7.11 Å². The third-order valence-electron chi connectivity index (χ3n) is 4.82. The third-order valence-corrected chi connectivity index (χ3v) is 4.82. The van der Waals surface area contributed by atoms with Gasteiger partial charge in [-0.3, -0.25) is 0 Å². The fraction of sp³-hybridized carbons (Fsp3) is 0.600. The molecule has 1 aromatic rings. The zero-order valence-corrected chi connectivity index (χ0v) is 11.4. The maximum absolute atomic E-state index is 11.0. The fourth-order valence-electron chi connectivity index (χ4n) is 3.25. The van der Waals surface area contributed by atoms with Crippen molar-refractivity contribution in [3.05, 3.63) is 35.4 Å². The van der Waals surface area contributed by atoms with Crippen LogP contribution < -0.4 is 5.73 Å². The van der Waals surface area contributed by atoms with Gasteiger partial charge in [0.05, 0.1) is 11.7 Å². The van der Waals surface area contributed by atoms with Crippen LogP contribution in [0.15, 0.2) is 24.3 Å². The van der Waals surface area contributed by atoms with Crippen molar-refractivity contribution in [1.82, 2.24) is 0 Å². The Balaban J connectivity index is 2.52. The summed E-state index contributed by atoms with van der Waals surface area (Å²) < 4.78 is 5.36. The van der Waals surface area contributed by atoms with E-state index in [1.807, 2.05) is 26.0 Å². The van der Waals surface area contributed by atoms with Gasteiger partial charge in [0.2, 0.25) is 0 Å². The number of rotatable bonds is 4. The molecule has 0 saturated carbocycles. The van der Waals surface area contributed by atoms with Crippen molar-refractivity contribution in [2.24, 2.45) is 5.73 Å². The van der Waals surface area contributed by atoms with Crippen molar-refractivity contribution in [1.29, 1.82) is 0 Å². The monoisotopic (exact) mass is 249 g/mol. The molecule has 0 bridgehead atoms. The van der Waals surface area contributed by atoms with E-state index in [4.69, 9.17) is 10.5 Å². The molecule has 3 heteroatoms. The van der Waals surface area contributed by atoms with Crippen molar-refractivity contribution in [2.75, 3.05) is 13.7 Å². The first-order valence-corrected chi connectivity index (χ1v) is 6.53. The van der Waals surface area contributed by atoms with Crippen LogP contribution in [0.4, 0.5) is 0 Å². The zero-order chi connectivity index (χ0) is 13.4. The van der Waals surface area contributed by atoms with Crippen molar-refractivity contribution < 1.29 is 9.84 Å². The van der Waals surface area contributed by atoms with E-state index in [9.17, 15) is 5.11 Å². The van der Waals surface area contributed by atoms with Crippen LogP contribution in [-0.2, 0) is 16.6 Å². The highest BCUT2D eigenvalue weighted by molar-refractivity contribution is 5.43. The van der Waals surface area contributed by atoms with Crippen LogP contribution in [0, 0.1) is 0 Å². The van der Waals surface area contributed by atoms with Gasteiger partial charge in [-0.25, -0.2) is 0 Å². The molecule has 18 heavy (non-hydrogen) atoms. The summed E-state index contributed by atoms with van der Waals surface area (Å²) in [6.45, 7) is 4.18. The van der Waals surface area contributed by atoms with E-state index in [2.05, 4.69) is 12.1 Å². The second-order valence-corrected chi connectivity index (χ2v) is 5.47. The molecular weight excluding hydrogens is 226 g/mol. The van der Waals surface area contributed by atoms with Crippen molar-refractivity contribution in [3.8, 4) is 0 Å². The first-order valence-electron chi connectivity index (χ1n) is 6.53. The molecule has 3 atom stereocenters. The van der Waals surface area contributed by atoms with Crippen LogP contribution in [0.3, 0.4) is 0 Å². The van der Waals surface area contributed by atoms with E-state index in [-0.39, 0.29) is 6.10 Å². The van der Waals surface area contributed by atoms with Crippen LogP contribution in [0.5, 0.6) is 0 Å². The van der Waals surface area contributed by atoms with Crippen LogP contribution >= 0.6 is 0 Å². The standard InChI is InChI=1S/C15H23NO2/c1-11(18-3)14(2,17)15(10-16)9-8-12-6-4-5-7-13(12)15/h4-7,11,17H,8-10,16H2,1-3H3. The van der Waals surface area contributed by atoms with Gasteiger partial charge in [0.1, 0.15) is 0 Å². The molecule has 1 aromatic carbocycles. The Morgan fingerprint density at radius 2 is 2.17 bits per heavy atom. The summed E-state index contributed by atoms with van der Waals surface area (Å²) in [5.41, 5.74) is 7.15. The SMILES string of the molecule is COC(C)C(C)(O)C1(CN)CCc2ccccc21. The highest BCUT2D eigenvalue weighted by atomic mass is 16.5. The predicted molar refractivity (Wildman–Crippen MR) is 72.6 cm³/mol. The quantitative estimate of drug-likeness (QED) is 0.852. The molecule has 0 amide bonds. The van der Waals surface area contributed by atoms with Gasteiger partial charge in [-0.05, 0) is 37.8 Å². The average molecular weight is 249 g/mol. The lowest BCUT2D eigenvalue weighted by atomic mass is 9.66. The number of aliphatic hydroxyl groups is 1. The second-order valence-electron chi connectivity index (χ2n) is 5.47. The summed E-state index contributed by atoms with van der Waals surface area (Å²) >= 11 is 0. The van der Waals surface area contributed by atoms with Gasteiger partial charge in [0.15, 0.2) is 0 Å². The maximum Gasteiger partial charge on any atom is 0.0985 e. The number of fused-ring (bicyclic) bond motifs is 1. The van der Waals surface area contributed by atoms with E-state index in [0.717, 1.165) is 12.8 Å². The first kappa shape index (κ1) is 13.5. The molecule has 1 aliphatic rings. The lowest BCUT2D eigenvalue weighted by Gasteiger charge is -2.46. The average Bonchev–Trinajstić information content (AvgIpc) is 2.78. The molecule has 0 heterocycles. The summed E-state index contributed by atoms with van der Waals surface area (Å²) in [5.74, 6) is 0. The summed E-state index contributed by atoms with van der Waals surface area (Å²) in [5, 5.41) is 11.0. The van der Waals surface area contributed by atoms with Gasteiger partial charge in [-0.1, -0.05) is 24.3 Å². The van der Waals surface area contributed by atoms with Crippen LogP contribution in [0.2, 0.25) is 0 Å². The number of methoxy groups -OCH3 is 1. The Kier molecular flexibility index (Phi) is 3.49. The minimum atomic E-state index is -0.969. The maximum atomic E-state index is 11.0.